The molecule has 0 aliphatic carbocycles. The molecule has 1 aliphatic rings. The molecule has 0 amide bonds. The normalized spacial score (nSPS) is 22.4. The van der Waals surface area contributed by atoms with E-state index in [0.29, 0.717) is 12.2 Å². The van der Waals surface area contributed by atoms with Gasteiger partial charge in [-0.3, -0.25) is 0 Å². The fourth-order valence-corrected chi connectivity index (χ4v) is 2.15. The van der Waals surface area contributed by atoms with Gasteiger partial charge in [0.15, 0.2) is 0 Å². The molecule has 1 N–H and O–H groups in total. The Bertz CT molecular complexity index is 376. The van der Waals surface area contributed by atoms with Crippen molar-refractivity contribution in [3.63, 3.8) is 0 Å². The molecule has 2 rings (SSSR count). The van der Waals surface area contributed by atoms with Crippen LogP contribution >= 0.6 is 0 Å². The summed E-state index contributed by atoms with van der Waals surface area (Å²) in [4.78, 5) is 0. The van der Waals surface area contributed by atoms with E-state index in [-0.39, 0.29) is 12.3 Å². The summed E-state index contributed by atoms with van der Waals surface area (Å²) in [5.74, 6) is -1.14. The van der Waals surface area contributed by atoms with Crippen molar-refractivity contribution in [2.45, 2.75) is 25.4 Å². The molecule has 4 heteroatoms. The molecule has 2 atom stereocenters. The zero-order valence-electron chi connectivity index (χ0n) is 9.53. The van der Waals surface area contributed by atoms with Crippen LogP contribution in [0.5, 0.6) is 0 Å². The minimum Gasteiger partial charge on any atom is -0.392 e. The first-order chi connectivity index (χ1) is 8.16. The van der Waals surface area contributed by atoms with Crippen LogP contribution in [0, 0.1) is 17.6 Å². The molecule has 1 fully saturated rings. The Hall–Kier alpha value is -1.00. The van der Waals surface area contributed by atoms with Gasteiger partial charge in [0.1, 0.15) is 11.6 Å². The number of rotatable bonds is 3. The number of hydrogen-bond donors (Lipinski definition) is 1. The van der Waals surface area contributed by atoms with Gasteiger partial charge in [0, 0.05) is 25.0 Å². The second-order valence-corrected chi connectivity index (χ2v) is 4.48. The standard InChI is InChI=1S/C13H16F2O2/c14-11-4-3-9(12(15)7-11)6-13(16)10-2-1-5-17-8-10/h3-4,7,10,13,16H,1-2,5-6,8H2. The average Bonchev–Trinajstić information content (AvgIpc) is 2.34. The van der Waals surface area contributed by atoms with Crippen molar-refractivity contribution in [2.24, 2.45) is 5.92 Å². The molecule has 1 heterocycles. The molecule has 0 aromatic heterocycles. The Morgan fingerprint density at radius 2 is 2.24 bits per heavy atom. The Balaban J connectivity index is 1.99. The lowest BCUT2D eigenvalue weighted by molar-refractivity contribution is -0.00874. The summed E-state index contributed by atoms with van der Waals surface area (Å²) in [6.07, 6.45) is 1.40. The predicted molar refractivity (Wildman–Crippen MR) is 59.6 cm³/mol. The van der Waals surface area contributed by atoms with E-state index in [1.165, 1.54) is 12.1 Å². The van der Waals surface area contributed by atoms with Crippen molar-refractivity contribution in [1.82, 2.24) is 0 Å². The first kappa shape index (κ1) is 12.5. The lowest BCUT2D eigenvalue weighted by Gasteiger charge is -2.26. The van der Waals surface area contributed by atoms with Gasteiger partial charge in [-0.15, -0.1) is 0 Å². The van der Waals surface area contributed by atoms with Gasteiger partial charge < -0.3 is 9.84 Å². The van der Waals surface area contributed by atoms with Crippen LogP contribution < -0.4 is 0 Å². The third-order valence-corrected chi connectivity index (χ3v) is 3.18. The van der Waals surface area contributed by atoms with Crippen molar-refractivity contribution < 1.29 is 18.6 Å². The quantitative estimate of drug-likeness (QED) is 0.881. The number of benzene rings is 1. The van der Waals surface area contributed by atoms with E-state index < -0.39 is 17.7 Å². The Labute approximate surface area is 99.2 Å². The van der Waals surface area contributed by atoms with Gasteiger partial charge in [-0.1, -0.05) is 6.07 Å². The van der Waals surface area contributed by atoms with E-state index in [2.05, 4.69) is 0 Å². The van der Waals surface area contributed by atoms with Crippen molar-refractivity contribution in [2.75, 3.05) is 13.2 Å². The third kappa shape index (κ3) is 3.23. The van der Waals surface area contributed by atoms with Gasteiger partial charge in [0.25, 0.3) is 0 Å². The largest absolute Gasteiger partial charge is 0.392 e. The van der Waals surface area contributed by atoms with E-state index in [4.69, 9.17) is 4.74 Å². The molecule has 1 aliphatic heterocycles. The van der Waals surface area contributed by atoms with Crippen molar-refractivity contribution in [1.29, 1.82) is 0 Å². The lowest BCUT2D eigenvalue weighted by Crippen LogP contribution is -2.30. The third-order valence-electron chi connectivity index (χ3n) is 3.18. The molecule has 1 aromatic carbocycles. The highest BCUT2D eigenvalue weighted by molar-refractivity contribution is 5.19. The number of ether oxygens (including phenoxy) is 1. The van der Waals surface area contributed by atoms with Gasteiger partial charge in [-0.05, 0) is 24.5 Å². The SMILES string of the molecule is OC(Cc1ccc(F)cc1F)C1CCCOC1. The number of aliphatic hydroxyl groups is 1. The van der Waals surface area contributed by atoms with Crippen LogP contribution in [-0.4, -0.2) is 24.4 Å². The molecule has 0 spiro atoms. The van der Waals surface area contributed by atoms with Crippen LogP contribution in [-0.2, 0) is 11.2 Å². The van der Waals surface area contributed by atoms with Crippen LogP contribution in [0.15, 0.2) is 18.2 Å². The van der Waals surface area contributed by atoms with Crippen LogP contribution in [0.2, 0.25) is 0 Å². The molecule has 1 aromatic rings. The maximum absolute atomic E-state index is 13.4. The zero-order chi connectivity index (χ0) is 12.3. The van der Waals surface area contributed by atoms with Crippen molar-refractivity contribution in [3.8, 4) is 0 Å². The maximum atomic E-state index is 13.4. The summed E-state index contributed by atoms with van der Waals surface area (Å²) in [6.45, 7) is 1.25. The predicted octanol–water partition coefficient (Wildman–Crippen LogP) is 2.29. The second kappa shape index (κ2) is 5.56. The molecular weight excluding hydrogens is 226 g/mol. The summed E-state index contributed by atoms with van der Waals surface area (Å²) in [5, 5.41) is 9.98. The molecule has 2 nitrogen and oxygen atoms in total. The Morgan fingerprint density at radius 1 is 1.41 bits per heavy atom. The van der Waals surface area contributed by atoms with Crippen molar-refractivity contribution >= 4 is 0 Å². The first-order valence-electron chi connectivity index (χ1n) is 5.86. The molecule has 94 valence electrons. The van der Waals surface area contributed by atoms with E-state index in [1.807, 2.05) is 0 Å². The molecular formula is C13H16F2O2. The topological polar surface area (TPSA) is 29.5 Å². The zero-order valence-corrected chi connectivity index (χ0v) is 9.53. The summed E-state index contributed by atoms with van der Waals surface area (Å²) >= 11 is 0. The molecule has 17 heavy (non-hydrogen) atoms. The first-order valence-corrected chi connectivity index (χ1v) is 5.86. The maximum Gasteiger partial charge on any atom is 0.129 e. The van der Waals surface area contributed by atoms with Gasteiger partial charge in [0.05, 0.1) is 12.7 Å². The molecule has 1 saturated heterocycles. The highest BCUT2D eigenvalue weighted by Crippen LogP contribution is 2.21. The van der Waals surface area contributed by atoms with E-state index in [0.717, 1.165) is 25.5 Å². The van der Waals surface area contributed by atoms with Gasteiger partial charge in [-0.25, -0.2) is 8.78 Å². The van der Waals surface area contributed by atoms with Gasteiger partial charge in [0.2, 0.25) is 0 Å². The van der Waals surface area contributed by atoms with Gasteiger partial charge >= 0.3 is 0 Å². The van der Waals surface area contributed by atoms with Crippen LogP contribution in [0.1, 0.15) is 18.4 Å². The number of hydrogen-bond acceptors (Lipinski definition) is 2. The fourth-order valence-electron chi connectivity index (χ4n) is 2.15. The molecule has 0 bridgehead atoms. The Morgan fingerprint density at radius 3 is 2.88 bits per heavy atom. The van der Waals surface area contributed by atoms with Gasteiger partial charge in [-0.2, -0.15) is 0 Å². The van der Waals surface area contributed by atoms with Crippen LogP contribution in [0.25, 0.3) is 0 Å². The van der Waals surface area contributed by atoms with E-state index in [1.54, 1.807) is 0 Å². The molecule has 0 saturated carbocycles. The van der Waals surface area contributed by atoms with E-state index >= 15 is 0 Å². The highest BCUT2D eigenvalue weighted by atomic mass is 19.1. The van der Waals surface area contributed by atoms with Crippen molar-refractivity contribution in [3.05, 3.63) is 35.4 Å². The highest BCUT2D eigenvalue weighted by Gasteiger charge is 2.23. The minimum absolute atomic E-state index is 0.0493. The monoisotopic (exact) mass is 242 g/mol. The lowest BCUT2D eigenvalue weighted by atomic mass is 9.91. The number of halogens is 2. The average molecular weight is 242 g/mol. The summed E-state index contributed by atoms with van der Waals surface area (Å²) in [7, 11) is 0. The summed E-state index contributed by atoms with van der Waals surface area (Å²) in [5.41, 5.74) is 0.351. The second-order valence-electron chi connectivity index (χ2n) is 4.48. The van der Waals surface area contributed by atoms with Crippen LogP contribution in [0.3, 0.4) is 0 Å². The van der Waals surface area contributed by atoms with E-state index in [9.17, 15) is 13.9 Å². The smallest absolute Gasteiger partial charge is 0.129 e. The Kier molecular flexibility index (Phi) is 4.07. The molecule has 2 unspecified atom stereocenters. The number of aliphatic hydroxyl groups excluding tert-OH is 1. The minimum atomic E-state index is -0.629. The summed E-state index contributed by atoms with van der Waals surface area (Å²) < 4.78 is 31.4. The summed E-state index contributed by atoms with van der Waals surface area (Å²) in [6, 6.07) is 3.44. The van der Waals surface area contributed by atoms with Crippen LogP contribution in [0.4, 0.5) is 8.78 Å². The molecule has 0 radical (unpaired) electrons. The fraction of sp³-hybridized carbons (Fsp3) is 0.538.